The Balaban J connectivity index is 4.41. The van der Waals surface area contributed by atoms with E-state index in [1.807, 2.05) is 21.1 Å². The number of hydrogen-bond acceptors (Lipinski definition) is 8. The van der Waals surface area contributed by atoms with Gasteiger partial charge in [0.1, 0.15) is 19.8 Å². The summed E-state index contributed by atoms with van der Waals surface area (Å²) in [6.45, 7) is 4.19. The zero-order valence-corrected chi connectivity index (χ0v) is 35.2. The topological polar surface area (TPSA) is 111 Å². The Bertz CT molecular complexity index is 949. The number of rotatable bonds is 38. The number of carbonyl (C=O) groups excluding carboxylic acids is 2. The molecule has 0 heterocycles. The molecule has 0 amide bonds. The fraction of sp³-hybridized carbons (Fsp3) is 0.857. The molecular weight excluding hydrogens is 677 g/mol. The number of phosphoric acid groups is 1. The SMILES string of the molecule is CCCCCCC/C=C\CCCCCCCC(=O)OC[C@H](COP(=O)([O-])OCC[N+](C)(C)C)OC(=O)CCCCCCC/C=C\CCCCCCC. The highest BCUT2D eigenvalue weighted by Gasteiger charge is 2.21. The van der Waals surface area contributed by atoms with Crippen LogP contribution in [-0.4, -0.2) is 70.0 Å². The molecule has 0 fully saturated rings. The first-order valence-electron chi connectivity index (χ1n) is 21.0. The molecule has 0 radical (unpaired) electrons. The molecule has 0 aromatic rings. The van der Waals surface area contributed by atoms with Gasteiger partial charge in [0.25, 0.3) is 7.82 Å². The van der Waals surface area contributed by atoms with Gasteiger partial charge < -0.3 is 27.9 Å². The van der Waals surface area contributed by atoms with Crippen molar-refractivity contribution < 1.29 is 42.1 Å². The lowest BCUT2D eigenvalue weighted by Crippen LogP contribution is -2.37. The third kappa shape index (κ3) is 38.2. The Morgan fingerprint density at radius 2 is 0.981 bits per heavy atom. The van der Waals surface area contributed by atoms with Gasteiger partial charge in [0.15, 0.2) is 6.10 Å². The van der Waals surface area contributed by atoms with Crippen LogP contribution in [0.2, 0.25) is 0 Å². The summed E-state index contributed by atoms with van der Waals surface area (Å²) in [6.07, 6.45) is 36.2. The van der Waals surface area contributed by atoms with Crippen LogP contribution in [0, 0.1) is 0 Å². The molecule has 0 spiro atoms. The van der Waals surface area contributed by atoms with Crippen LogP contribution < -0.4 is 4.89 Å². The molecule has 306 valence electrons. The van der Waals surface area contributed by atoms with E-state index in [-0.39, 0.29) is 26.1 Å². The Labute approximate surface area is 319 Å². The van der Waals surface area contributed by atoms with Crippen LogP contribution in [0.3, 0.4) is 0 Å². The van der Waals surface area contributed by atoms with Crippen molar-refractivity contribution in [3.8, 4) is 0 Å². The summed E-state index contributed by atoms with van der Waals surface area (Å²) in [5.74, 6) is -0.853. The molecule has 0 saturated heterocycles. The Morgan fingerprint density at radius 1 is 0.577 bits per heavy atom. The van der Waals surface area contributed by atoms with Gasteiger partial charge in [0.2, 0.25) is 0 Å². The smallest absolute Gasteiger partial charge is 0.306 e. The lowest BCUT2D eigenvalue weighted by molar-refractivity contribution is -0.870. The number of phosphoric ester groups is 1. The van der Waals surface area contributed by atoms with Crippen molar-refractivity contribution in [3.63, 3.8) is 0 Å². The highest BCUT2D eigenvalue weighted by molar-refractivity contribution is 7.45. The van der Waals surface area contributed by atoms with Crippen molar-refractivity contribution in [3.05, 3.63) is 24.3 Å². The molecule has 0 saturated carbocycles. The summed E-state index contributed by atoms with van der Waals surface area (Å²) < 4.78 is 33.8. The molecule has 0 aliphatic rings. The van der Waals surface area contributed by atoms with Crippen molar-refractivity contribution in [1.82, 2.24) is 0 Å². The summed E-state index contributed by atoms with van der Waals surface area (Å²) in [4.78, 5) is 37.4. The van der Waals surface area contributed by atoms with E-state index < -0.39 is 32.5 Å². The van der Waals surface area contributed by atoms with Crippen molar-refractivity contribution in [2.24, 2.45) is 0 Å². The van der Waals surface area contributed by atoms with E-state index in [0.717, 1.165) is 70.6 Å². The number of ether oxygens (including phenoxy) is 2. The summed E-state index contributed by atoms with van der Waals surface area (Å²) in [5, 5.41) is 0. The monoisotopic (exact) mass is 758 g/mol. The number of allylic oxidation sites excluding steroid dienone is 4. The average Bonchev–Trinajstić information content (AvgIpc) is 3.09. The first-order valence-corrected chi connectivity index (χ1v) is 22.5. The fourth-order valence-electron chi connectivity index (χ4n) is 5.58. The molecular formula is C42H80NO8P. The van der Waals surface area contributed by atoms with E-state index in [4.69, 9.17) is 18.5 Å². The zero-order valence-electron chi connectivity index (χ0n) is 34.3. The molecule has 0 aromatic heterocycles. The number of esters is 2. The molecule has 10 heteroatoms. The van der Waals surface area contributed by atoms with Crippen molar-refractivity contribution >= 4 is 19.8 Å². The summed E-state index contributed by atoms with van der Waals surface area (Å²) in [5.41, 5.74) is 0. The fourth-order valence-corrected chi connectivity index (χ4v) is 6.31. The lowest BCUT2D eigenvalue weighted by atomic mass is 10.1. The highest BCUT2D eigenvalue weighted by atomic mass is 31.2. The van der Waals surface area contributed by atoms with Gasteiger partial charge in [0, 0.05) is 12.8 Å². The number of nitrogens with zero attached hydrogens (tertiary/aromatic N) is 1. The van der Waals surface area contributed by atoms with E-state index in [9.17, 15) is 19.0 Å². The van der Waals surface area contributed by atoms with Gasteiger partial charge >= 0.3 is 11.9 Å². The molecule has 0 N–H and O–H groups in total. The Hall–Kier alpha value is -1.51. The minimum Gasteiger partial charge on any atom is -0.756 e. The maximum absolute atomic E-state index is 12.6. The molecule has 9 nitrogen and oxygen atoms in total. The molecule has 0 rings (SSSR count). The number of hydrogen-bond donors (Lipinski definition) is 0. The van der Waals surface area contributed by atoms with Crippen LogP contribution in [-0.2, 0) is 32.7 Å². The minimum atomic E-state index is -4.62. The second-order valence-corrected chi connectivity index (χ2v) is 16.8. The van der Waals surface area contributed by atoms with E-state index in [1.165, 1.54) is 77.0 Å². The second kappa shape index (κ2) is 35.2. The normalized spacial score (nSPS) is 13.9. The number of likely N-dealkylation sites (N-methyl/N-ethyl adjacent to an activating group) is 1. The van der Waals surface area contributed by atoms with Gasteiger partial charge in [-0.05, 0) is 64.2 Å². The molecule has 52 heavy (non-hydrogen) atoms. The number of carbonyl (C=O) groups is 2. The molecule has 0 aromatic carbocycles. The predicted molar refractivity (Wildman–Crippen MR) is 213 cm³/mol. The summed E-state index contributed by atoms with van der Waals surface area (Å²) >= 11 is 0. The van der Waals surface area contributed by atoms with Gasteiger partial charge in [-0.2, -0.15) is 0 Å². The first-order chi connectivity index (χ1) is 25.0. The molecule has 0 bridgehead atoms. The average molecular weight is 758 g/mol. The maximum atomic E-state index is 12.6. The van der Waals surface area contributed by atoms with Crippen molar-refractivity contribution in [1.29, 1.82) is 0 Å². The van der Waals surface area contributed by atoms with Crippen LogP contribution >= 0.6 is 7.82 Å². The maximum Gasteiger partial charge on any atom is 0.306 e. The Morgan fingerprint density at radius 3 is 1.42 bits per heavy atom. The second-order valence-electron chi connectivity index (χ2n) is 15.3. The quantitative estimate of drug-likeness (QED) is 0.0201. The largest absolute Gasteiger partial charge is 0.756 e. The minimum absolute atomic E-state index is 0.0327. The zero-order chi connectivity index (χ0) is 38.6. The van der Waals surface area contributed by atoms with Crippen LogP contribution in [0.1, 0.15) is 181 Å². The third-order valence-corrected chi connectivity index (χ3v) is 9.91. The first kappa shape index (κ1) is 50.5. The van der Waals surface area contributed by atoms with Crippen LogP contribution in [0.5, 0.6) is 0 Å². The molecule has 1 unspecified atom stereocenters. The summed E-state index contributed by atoms with van der Waals surface area (Å²) in [6, 6.07) is 0. The number of quaternary nitrogens is 1. The highest BCUT2D eigenvalue weighted by Crippen LogP contribution is 2.38. The molecule has 0 aliphatic carbocycles. The summed E-state index contributed by atoms with van der Waals surface area (Å²) in [7, 11) is 1.16. The van der Waals surface area contributed by atoms with Gasteiger partial charge in [-0.3, -0.25) is 14.2 Å². The lowest BCUT2D eigenvalue weighted by Gasteiger charge is -2.28. The van der Waals surface area contributed by atoms with E-state index >= 15 is 0 Å². The van der Waals surface area contributed by atoms with E-state index in [1.54, 1.807) is 0 Å². The van der Waals surface area contributed by atoms with Crippen molar-refractivity contribution in [2.75, 3.05) is 47.5 Å². The van der Waals surface area contributed by atoms with E-state index in [2.05, 4.69) is 38.2 Å². The standard InChI is InChI=1S/C42H80NO8P/c1-6-8-10-12-14-16-18-20-22-24-26-28-30-32-34-41(44)48-38-40(39-50-52(46,47)49-37-36-43(3,4)5)51-42(45)35-33-31-29-27-25-23-21-19-17-15-13-11-9-7-2/h18-21,40H,6-17,22-39H2,1-5H3/b20-18-,21-19-/t40-/m1/s1. The number of unbranched alkanes of at least 4 members (excludes halogenated alkanes) is 20. The van der Waals surface area contributed by atoms with Gasteiger partial charge in [0.05, 0.1) is 27.7 Å². The van der Waals surface area contributed by atoms with Crippen molar-refractivity contribution in [2.45, 2.75) is 187 Å². The van der Waals surface area contributed by atoms with Gasteiger partial charge in [-0.1, -0.05) is 128 Å². The van der Waals surface area contributed by atoms with Crippen LogP contribution in [0.15, 0.2) is 24.3 Å². The van der Waals surface area contributed by atoms with Crippen LogP contribution in [0.4, 0.5) is 0 Å². The van der Waals surface area contributed by atoms with Gasteiger partial charge in [-0.25, -0.2) is 0 Å². The van der Waals surface area contributed by atoms with Crippen LogP contribution in [0.25, 0.3) is 0 Å². The third-order valence-electron chi connectivity index (χ3n) is 8.94. The predicted octanol–water partition coefficient (Wildman–Crippen LogP) is 10.9. The molecule has 0 aliphatic heterocycles. The Kier molecular flexibility index (Phi) is 34.2. The van der Waals surface area contributed by atoms with Gasteiger partial charge in [-0.15, -0.1) is 0 Å². The van der Waals surface area contributed by atoms with E-state index in [0.29, 0.717) is 17.4 Å². The molecule has 2 atom stereocenters.